The third kappa shape index (κ3) is 6.13. The summed E-state index contributed by atoms with van der Waals surface area (Å²) < 4.78 is 3.48. The number of aromatic nitrogens is 4. The molecule has 0 radical (unpaired) electrons. The van der Waals surface area contributed by atoms with E-state index in [0.717, 1.165) is 33.9 Å². The standard InChI is InChI=1S/C16H15Cl2N3O.C14H11Cl2N3O/c1-2-20-13(22)9-8-12(21-10-19-15(17)16(21)18)14(20)11-6-4-3-5-7-11;15-13-14(16)19(8-17-13)10-6-7-11(20)18-12(10)9-4-2-1-3-5-9/h3-7,10H,2,8-9H2,1H3;1-5,8H,6-7H2,(H,18,20). The molecule has 0 saturated heterocycles. The lowest BCUT2D eigenvalue weighted by atomic mass is 10.0. The minimum absolute atomic E-state index is 0.00469. The van der Waals surface area contributed by atoms with Gasteiger partial charge in [0.05, 0.1) is 11.4 Å². The molecule has 6 rings (SSSR count). The minimum Gasteiger partial charge on any atom is -0.324 e. The first-order valence-corrected chi connectivity index (χ1v) is 14.8. The van der Waals surface area contributed by atoms with Crippen molar-refractivity contribution in [3.05, 3.63) is 105 Å². The number of hydrogen-bond acceptors (Lipinski definition) is 4. The Morgan fingerprint density at radius 2 is 1.24 bits per heavy atom. The van der Waals surface area contributed by atoms with Gasteiger partial charge in [0.2, 0.25) is 11.8 Å². The summed E-state index contributed by atoms with van der Waals surface area (Å²) in [5, 5.41) is 4.15. The van der Waals surface area contributed by atoms with Crippen LogP contribution in [-0.4, -0.2) is 42.4 Å². The molecule has 4 aromatic rings. The molecule has 0 unspecified atom stereocenters. The first-order chi connectivity index (χ1) is 20.3. The van der Waals surface area contributed by atoms with E-state index >= 15 is 0 Å². The molecule has 2 amide bonds. The molecule has 42 heavy (non-hydrogen) atoms. The predicted molar refractivity (Wildman–Crippen MR) is 168 cm³/mol. The largest absolute Gasteiger partial charge is 0.324 e. The van der Waals surface area contributed by atoms with Gasteiger partial charge in [-0.05, 0) is 25.3 Å². The molecule has 1 N–H and O–H groups in total. The first kappa shape index (κ1) is 29.9. The quantitative estimate of drug-likeness (QED) is 0.243. The van der Waals surface area contributed by atoms with Crippen molar-refractivity contribution in [2.75, 3.05) is 6.54 Å². The van der Waals surface area contributed by atoms with Gasteiger partial charge in [0.15, 0.2) is 20.6 Å². The van der Waals surface area contributed by atoms with Crippen LogP contribution in [0.4, 0.5) is 0 Å². The topological polar surface area (TPSA) is 85.1 Å². The first-order valence-electron chi connectivity index (χ1n) is 13.2. The highest BCUT2D eigenvalue weighted by Gasteiger charge is 2.29. The van der Waals surface area contributed by atoms with Crippen molar-refractivity contribution in [1.29, 1.82) is 0 Å². The smallest absolute Gasteiger partial charge is 0.227 e. The summed E-state index contributed by atoms with van der Waals surface area (Å²) in [7, 11) is 0. The molecule has 4 heterocycles. The lowest BCUT2D eigenvalue weighted by Crippen LogP contribution is -2.33. The fourth-order valence-corrected chi connectivity index (χ4v) is 5.62. The van der Waals surface area contributed by atoms with Gasteiger partial charge in [0.1, 0.15) is 12.7 Å². The van der Waals surface area contributed by atoms with E-state index < -0.39 is 0 Å². The van der Waals surface area contributed by atoms with E-state index in [-0.39, 0.29) is 22.1 Å². The number of imidazole rings is 2. The molecule has 0 saturated carbocycles. The van der Waals surface area contributed by atoms with Crippen molar-refractivity contribution < 1.29 is 9.59 Å². The van der Waals surface area contributed by atoms with Gasteiger partial charge < -0.3 is 10.2 Å². The zero-order valence-corrected chi connectivity index (χ0v) is 25.6. The summed E-state index contributed by atoms with van der Waals surface area (Å²) >= 11 is 24.3. The van der Waals surface area contributed by atoms with Crippen LogP contribution in [0.5, 0.6) is 0 Å². The molecular formula is C30H26Cl4N6O2. The third-order valence-electron chi connectivity index (χ3n) is 6.91. The highest BCUT2D eigenvalue weighted by Crippen LogP contribution is 2.37. The highest BCUT2D eigenvalue weighted by molar-refractivity contribution is 6.41. The van der Waals surface area contributed by atoms with Crippen LogP contribution in [0.3, 0.4) is 0 Å². The van der Waals surface area contributed by atoms with E-state index in [1.165, 1.54) is 0 Å². The van der Waals surface area contributed by atoms with Crippen molar-refractivity contribution in [2.45, 2.75) is 32.6 Å². The molecule has 2 aromatic heterocycles. The van der Waals surface area contributed by atoms with Crippen LogP contribution in [-0.2, 0) is 9.59 Å². The van der Waals surface area contributed by atoms with E-state index in [2.05, 4.69) is 15.3 Å². The van der Waals surface area contributed by atoms with Gasteiger partial charge in [-0.2, -0.15) is 0 Å². The molecule has 0 aliphatic carbocycles. The van der Waals surface area contributed by atoms with E-state index in [1.54, 1.807) is 26.7 Å². The lowest BCUT2D eigenvalue weighted by Gasteiger charge is -2.32. The summed E-state index contributed by atoms with van der Waals surface area (Å²) in [5.41, 5.74) is 5.36. The van der Waals surface area contributed by atoms with Gasteiger partial charge in [0, 0.05) is 36.3 Å². The van der Waals surface area contributed by atoms with Gasteiger partial charge in [-0.15, -0.1) is 0 Å². The molecule has 8 nitrogen and oxygen atoms in total. The monoisotopic (exact) mass is 642 g/mol. The van der Waals surface area contributed by atoms with Crippen LogP contribution in [0.15, 0.2) is 73.3 Å². The molecule has 0 atom stereocenters. The Hall–Kier alpha value is -3.56. The van der Waals surface area contributed by atoms with Crippen LogP contribution >= 0.6 is 46.4 Å². The summed E-state index contributed by atoms with van der Waals surface area (Å²) in [4.78, 5) is 33.8. The second-order valence-corrected chi connectivity index (χ2v) is 10.9. The molecule has 2 aliphatic heterocycles. The highest BCUT2D eigenvalue weighted by atomic mass is 35.5. The number of allylic oxidation sites excluding steroid dienone is 2. The number of carbonyl (C=O) groups is 2. The van der Waals surface area contributed by atoms with Crippen LogP contribution in [0.2, 0.25) is 20.6 Å². The average Bonchev–Trinajstić information content (AvgIpc) is 3.53. The van der Waals surface area contributed by atoms with Gasteiger partial charge in [-0.25, -0.2) is 9.97 Å². The van der Waals surface area contributed by atoms with E-state index in [1.807, 2.05) is 67.6 Å². The van der Waals surface area contributed by atoms with E-state index in [9.17, 15) is 9.59 Å². The molecule has 12 heteroatoms. The Morgan fingerprint density at radius 1 is 0.714 bits per heavy atom. The number of rotatable bonds is 5. The van der Waals surface area contributed by atoms with Gasteiger partial charge in [-0.3, -0.25) is 18.7 Å². The summed E-state index contributed by atoms with van der Waals surface area (Å²) in [6.07, 6.45) is 5.23. The number of carbonyl (C=O) groups excluding carboxylic acids is 2. The number of amides is 2. The molecular weight excluding hydrogens is 618 g/mol. The zero-order chi connectivity index (χ0) is 29.8. The second kappa shape index (κ2) is 13.2. The van der Waals surface area contributed by atoms with Gasteiger partial charge in [-0.1, -0.05) is 107 Å². The molecule has 0 spiro atoms. The Bertz CT molecular complexity index is 1680. The number of halogens is 4. The van der Waals surface area contributed by atoms with Crippen molar-refractivity contribution in [3.63, 3.8) is 0 Å². The normalized spacial score (nSPS) is 15.5. The zero-order valence-electron chi connectivity index (χ0n) is 22.5. The fourth-order valence-electron chi connectivity index (χ4n) is 4.96. The minimum atomic E-state index is -0.00469. The summed E-state index contributed by atoms with van der Waals surface area (Å²) in [6, 6.07) is 19.5. The summed E-state index contributed by atoms with van der Waals surface area (Å²) in [5.74, 6) is 0.113. The van der Waals surface area contributed by atoms with Crippen LogP contribution < -0.4 is 5.32 Å². The Labute approximate surface area is 263 Å². The van der Waals surface area contributed by atoms with Crippen LogP contribution in [0, 0.1) is 0 Å². The SMILES string of the molecule is CCN1C(=O)CCC(n2cnc(Cl)c2Cl)=C1c1ccccc1.O=C1CCC(n2cnc(Cl)c2Cl)=C(c2ccccc2)N1. The average molecular weight is 644 g/mol. The van der Waals surface area contributed by atoms with Crippen molar-refractivity contribution in [3.8, 4) is 0 Å². The Balaban J connectivity index is 0.000000169. The Morgan fingerprint density at radius 3 is 1.76 bits per heavy atom. The maximum absolute atomic E-state index is 12.3. The summed E-state index contributed by atoms with van der Waals surface area (Å²) in [6.45, 7) is 2.57. The number of hydrogen-bond donors (Lipinski definition) is 1. The van der Waals surface area contributed by atoms with Crippen molar-refractivity contribution in [1.82, 2.24) is 29.3 Å². The molecule has 216 valence electrons. The van der Waals surface area contributed by atoms with Crippen molar-refractivity contribution in [2.24, 2.45) is 0 Å². The molecule has 2 aliphatic rings. The lowest BCUT2D eigenvalue weighted by molar-refractivity contribution is -0.128. The molecule has 0 bridgehead atoms. The maximum atomic E-state index is 12.3. The van der Waals surface area contributed by atoms with Crippen LogP contribution in [0.1, 0.15) is 43.7 Å². The molecule has 2 aromatic carbocycles. The fraction of sp³-hybridized carbons (Fsp3) is 0.200. The van der Waals surface area contributed by atoms with Gasteiger partial charge >= 0.3 is 0 Å². The Kier molecular flexibility index (Phi) is 9.38. The maximum Gasteiger partial charge on any atom is 0.227 e. The van der Waals surface area contributed by atoms with Gasteiger partial charge in [0.25, 0.3) is 0 Å². The molecule has 0 fully saturated rings. The van der Waals surface area contributed by atoms with E-state index in [0.29, 0.717) is 42.5 Å². The number of benzene rings is 2. The van der Waals surface area contributed by atoms with E-state index in [4.69, 9.17) is 46.4 Å². The number of nitrogens with one attached hydrogen (secondary N) is 1. The third-order valence-corrected chi connectivity index (χ3v) is 8.37. The number of nitrogens with zero attached hydrogens (tertiary/aromatic N) is 5. The second-order valence-electron chi connectivity index (χ2n) is 9.43. The van der Waals surface area contributed by atoms with Crippen molar-refractivity contribution >= 4 is 81.0 Å². The predicted octanol–water partition coefficient (Wildman–Crippen LogP) is 7.58. The van der Waals surface area contributed by atoms with Crippen LogP contribution in [0.25, 0.3) is 22.8 Å².